The number of carbonyl (C=O) groups excluding carboxylic acids is 1. The summed E-state index contributed by atoms with van der Waals surface area (Å²) in [6.45, 7) is 2.74. The first-order chi connectivity index (χ1) is 17.4. The largest absolute Gasteiger partial charge is 0.493 e. The molecular formula is C25H23FN8O2. The van der Waals surface area contributed by atoms with E-state index in [1.807, 2.05) is 23.5 Å². The lowest BCUT2D eigenvalue weighted by atomic mass is 10.0. The van der Waals surface area contributed by atoms with Crippen molar-refractivity contribution in [1.82, 2.24) is 33.9 Å². The number of anilines is 1. The second-order valence-corrected chi connectivity index (χ2v) is 8.88. The Morgan fingerprint density at radius 2 is 2.03 bits per heavy atom. The summed E-state index contributed by atoms with van der Waals surface area (Å²) >= 11 is 0. The normalized spacial score (nSPS) is 12.7. The second-order valence-electron chi connectivity index (χ2n) is 8.88. The molecule has 1 aromatic carbocycles. The monoisotopic (exact) mass is 486 g/mol. The number of nitrogens with zero attached hydrogens (tertiary/aromatic N) is 7. The summed E-state index contributed by atoms with van der Waals surface area (Å²) in [6.07, 6.45) is 5.65. The summed E-state index contributed by atoms with van der Waals surface area (Å²) < 4.78 is 23.8. The number of imidazole rings is 1. The molecule has 36 heavy (non-hydrogen) atoms. The molecular weight excluding hydrogens is 463 g/mol. The van der Waals surface area contributed by atoms with Gasteiger partial charge in [-0.1, -0.05) is 0 Å². The number of hydrogen-bond donors (Lipinski definition) is 1. The average Bonchev–Trinajstić information content (AvgIpc) is 3.63. The Balaban J connectivity index is 1.40. The second kappa shape index (κ2) is 8.29. The van der Waals surface area contributed by atoms with Crippen LogP contribution in [0.25, 0.3) is 22.4 Å². The van der Waals surface area contributed by atoms with Gasteiger partial charge >= 0.3 is 0 Å². The molecule has 1 aliphatic rings. The highest BCUT2D eigenvalue weighted by Crippen LogP contribution is 2.32. The number of rotatable bonds is 5. The van der Waals surface area contributed by atoms with E-state index in [0.717, 1.165) is 22.6 Å². The van der Waals surface area contributed by atoms with Crippen molar-refractivity contribution in [3.05, 3.63) is 71.3 Å². The molecule has 182 valence electrons. The molecule has 0 fully saturated rings. The maximum atomic E-state index is 14.6. The van der Waals surface area contributed by atoms with Crippen LogP contribution in [-0.4, -0.2) is 60.5 Å². The standard InChI is InChI=1S/C25H23FN8O2/c1-14-4-5-16(22-30-20(12-33(14)22)24(35)32(2)3)18-11-28-25(34-13-29-31-23(18)34)27-10-17-15-8-9-36-21(15)7-6-19(17)26/h4-7,11-13H,8-10H2,1-3H3,(H,27,28). The molecule has 0 saturated heterocycles. The minimum absolute atomic E-state index is 0.181. The van der Waals surface area contributed by atoms with Crippen molar-refractivity contribution in [3.8, 4) is 16.9 Å². The van der Waals surface area contributed by atoms with E-state index in [4.69, 9.17) is 4.74 Å². The lowest BCUT2D eigenvalue weighted by molar-refractivity contribution is 0.0822. The van der Waals surface area contributed by atoms with Crippen LogP contribution in [0.4, 0.5) is 10.3 Å². The number of pyridine rings is 1. The summed E-state index contributed by atoms with van der Waals surface area (Å²) in [4.78, 5) is 23.3. The zero-order valence-corrected chi connectivity index (χ0v) is 20.0. The summed E-state index contributed by atoms with van der Waals surface area (Å²) in [5, 5.41) is 11.6. The molecule has 11 heteroatoms. The fourth-order valence-electron chi connectivity index (χ4n) is 4.55. The van der Waals surface area contributed by atoms with Crippen molar-refractivity contribution >= 4 is 23.1 Å². The van der Waals surface area contributed by atoms with Crippen molar-refractivity contribution in [2.45, 2.75) is 19.9 Å². The third-order valence-electron chi connectivity index (χ3n) is 6.43. The predicted octanol–water partition coefficient (Wildman–Crippen LogP) is 3.14. The third-order valence-corrected chi connectivity index (χ3v) is 6.43. The maximum Gasteiger partial charge on any atom is 0.273 e. The highest BCUT2D eigenvalue weighted by atomic mass is 19.1. The molecule has 1 amide bonds. The Morgan fingerprint density at radius 3 is 2.86 bits per heavy atom. The molecule has 10 nitrogen and oxygen atoms in total. The molecule has 5 aromatic rings. The molecule has 1 aliphatic heterocycles. The molecule has 0 bridgehead atoms. The third kappa shape index (κ3) is 3.43. The van der Waals surface area contributed by atoms with Crippen LogP contribution in [0.5, 0.6) is 5.75 Å². The highest BCUT2D eigenvalue weighted by molar-refractivity contribution is 5.94. The molecule has 5 heterocycles. The summed E-state index contributed by atoms with van der Waals surface area (Å²) in [6, 6.07) is 6.98. The Labute approximate surface area is 205 Å². The number of halogens is 1. The van der Waals surface area contributed by atoms with Crippen molar-refractivity contribution in [3.63, 3.8) is 0 Å². The first-order valence-electron chi connectivity index (χ1n) is 11.5. The number of hydrogen-bond acceptors (Lipinski definition) is 7. The minimum atomic E-state index is -0.284. The first kappa shape index (κ1) is 22.0. The van der Waals surface area contributed by atoms with Gasteiger partial charge in [-0.15, -0.1) is 10.2 Å². The fourth-order valence-corrected chi connectivity index (χ4v) is 4.55. The maximum absolute atomic E-state index is 14.6. The molecule has 0 spiro atoms. The number of fused-ring (bicyclic) bond motifs is 3. The van der Waals surface area contributed by atoms with Crippen molar-refractivity contribution in [1.29, 1.82) is 0 Å². The van der Waals surface area contributed by atoms with Gasteiger partial charge < -0.3 is 19.4 Å². The molecule has 0 unspecified atom stereocenters. The Morgan fingerprint density at radius 1 is 1.17 bits per heavy atom. The minimum Gasteiger partial charge on any atom is -0.493 e. The first-order valence-corrected chi connectivity index (χ1v) is 11.5. The topological polar surface area (TPSA) is 102 Å². The van der Waals surface area contributed by atoms with Crippen LogP contribution in [0.2, 0.25) is 0 Å². The van der Waals surface area contributed by atoms with Gasteiger partial charge in [-0.05, 0) is 31.2 Å². The molecule has 1 N–H and O–H groups in total. The zero-order valence-electron chi connectivity index (χ0n) is 20.0. The van der Waals surface area contributed by atoms with E-state index >= 15 is 0 Å². The van der Waals surface area contributed by atoms with Crippen molar-refractivity contribution in [2.75, 3.05) is 26.0 Å². The fraction of sp³-hybridized carbons (Fsp3) is 0.240. The summed E-state index contributed by atoms with van der Waals surface area (Å²) in [5.41, 5.74) is 5.37. The average molecular weight is 487 g/mol. The van der Waals surface area contributed by atoms with Crippen molar-refractivity contribution in [2.24, 2.45) is 0 Å². The molecule has 0 saturated carbocycles. The van der Waals surface area contributed by atoms with Crippen LogP contribution < -0.4 is 10.1 Å². The lowest BCUT2D eigenvalue weighted by Gasteiger charge is -2.13. The highest BCUT2D eigenvalue weighted by Gasteiger charge is 2.21. The van der Waals surface area contributed by atoms with Gasteiger partial charge in [-0.3, -0.25) is 9.20 Å². The Hall–Kier alpha value is -4.54. The van der Waals surface area contributed by atoms with E-state index in [0.29, 0.717) is 47.1 Å². The number of aryl methyl sites for hydroxylation is 1. The number of carbonyl (C=O) groups is 1. The summed E-state index contributed by atoms with van der Waals surface area (Å²) in [5.74, 6) is 0.734. The zero-order chi connectivity index (χ0) is 25.0. The van der Waals surface area contributed by atoms with Gasteiger partial charge in [0.15, 0.2) is 5.65 Å². The van der Waals surface area contributed by atoms with Gasteiger partial charge in [0.2, 0.25) is 5.95 Å². The van der Waals surface area contributed by atoms with E-state index in [9.17, 15) is 9.18 Å². The Bertz CT molecular complexity index is 1660. The van der Waals surface area contributed by atoms with E-state index < -0.39 is 0 Å². The van der Waals surface area contributed by atoms with Crippen LogP contribution >= 0.6 is 0 Å². The van der Waals surface area contributed by atoms with E-state index in [-0.39, 0.29) is 18.3 Å². The van der Waals surface area contributed by atoms with E-state index in [2.05, 4.69) is 25.5 Å². The van der Waals surface area contributed by atoms with E-state index in [1.165, 1.54) is 11.0 Å². The Kier molecular flexibility index (Phi) is 5.06. The smallest absolute Gasteiger partial charge is 0.273 e. The number of ether oxygens (including phenoxy) is 1. The van der Waals surface area contributed by atoms with Gasteiger partial charge in [-0.2, -0.15) is 0 Å². The molecule has 0 atom stereocenters. The number of benzene rings is 1. The SMILES string of the molecule is Cc1ccc(-c2cnc(NCc3c(F)ccc4c3CCO4)n3cnnc23)c2nc(C(=O)N(C)C)cn12. The number of aromatic nitrogens is 6. The van der Waals surface area contributed by atoms with Gasteiger partial charge in [0.1, 0.15) is 29.2 Å². The van der Waals surface area contributed by atoms with Crippen LogP contribution in [0, 0.1) is 12.7 Å². The quantitative estimate of drug-likeness (QED) is 0.407. The van der Waals surface area contributed by atoms with Crippen molar-refractivity contribution < 1.29 is 13.9 Å². The van der Waals surface area contributed by atoms with Crippen LogP contribution in [-0.2, 0) is 13.0 Å². The van der Waals surface area contributed by atoms with Gasteiger partial charge in [0.25, 0.3) is 5.91 Å². The van der Waals surface area contributed by atoms with Crippen LogP contribution in [0.15, 0.2) is 43.0 Å². The van der Waals surface area contributed by atoms with Gasteiger partial charge in [0.05, 0.1) is 6.61 Å². The lowest BCUT2D eigenvalue weighted by Crippen LogP contribution is -2.21. The van der Waals surface area contributed by atoms with Crippen LogP contribution in [0.1, 0.15) is 27.3 Å². The molecule has 4 aromatic heterocycles. The summed E-state index contributed by atoms with van der Waals surface area (Å²) in [7, 11) is 3.39. The molecule has 6 rings (SSSR count). The van der Waals surface area contributed by atoms with E-state index in [1.54, 1.807) is 43.3 Å². The number of amides is 1. The van der Waals surface area contributed by atoms with Gasteiger partial charge in [0, 0.05) is 67.4 Å². The van der Waals surface area contributed by atoms with Crippen LogP contribution in [0.3, 0.4) is 0 Å². The van der Waals surface area contributed by atoms with Gasteiger partial charge in [-0.25, -0.2) is 14.4 Å². The molecule has 0 radical (unpaired) electrons. The molecule has 0 aliphatic carbocycles. The predicted molar refractivity (Wildman–Crippen MR) is 131 cm³/mol. The number of nitrogens with one attached hydrogen (secondary N) is 1.